The maximum absolute atomic E-state index is 4.54. The van der Waals surface area contributed by atoms with E-state index in [9.17, 15) is 0 Å². The summed E-state index contributed by atoms with van der Waals surface area (Å²) in [6.45, 7) is 0. The van der Waals surface area contributed by atoms with E-state index < -0.39 is 0 Å². The monoisotopic (exact) mass is 332 g/mol. The van der Waals surface area contributed by atoms with E-state index in [4.69, 9.17) is 0 Å². The lowest BCUT2D eigenvalue weighted by molar-refractivity contribution is 1.17. The van der Waals surface area contributed by atoms with Gasteiger partial charge >= 0.3 is 0 Å². The van der Waals surface area contributed by atoms with Crippen molar-refractivity contribution in [3.8, 4) is 5.69 Å². The molecule has 0 saturated heterocycles. The molecule has 0 atom stereocenters. The number of rotatable bonds is 1. The van der Waals surface area contributed by atoms with Crippen LogP contribution in [0.15, 0.2) is 83.9 Å². The minimum atomic E-state index is 0.938. The molecule has 0 saturated carbocycles. The number of fused-ring (bicyclic) bond motifs is 6. The summed E-state index contributed by atoms with van der Waals surface area (Å²) < 4.78 is 2.37. The Morgan fingerprint density at radius 1 is 0.731 bits per heavy atom. The molecule has 0 radical (unpaired) electrons. The second-order valence-electron chi connectivity index (χ2n) is 6.86. The van der Waals surface area contributed by atoms with Crippen LogP contribution < -0.4 is 0 Å². The number of hydrogen-bond acceptors (Lipinski definition) is 1. The topological polar surface area (TPSA) is 17.3 Å². The minimum Gasteiger partial charge on any atom is -0.309 e. The first-order valence-electron chi connectivity index (χ1n) is 8.97. The highest BCUT2D eigenvalue weighted by molar-refractivity contribution is 6.21. The second kappa shape index (κ2) is 5.06. The molecule has 4 aromatic carbocycles. The predicted octanol–water partition coefficient (Wildman–Crippen LogP) is 6.20. The lowest BCUT2D eigenvalue weighted by Gasteiger charge is -2.09. The zero-order valence-electron chi connectivity index (χ0n) is 14.2. The van der Waals surface area contributed by atoms with Crippen LogP contribution in [0, 0.1) is 0 Å². The summed E-state index contributed by atoms with van der Waals surface area (Å²) in [5.74, 6) is 0. The summed E-state index contributed by atoms with van der Waals surface area (Å²) in [6, 6.07) is 28.4. The van der Waals surface area contributed by atoms with Crippen LogP contribution in [0.25, 0.3) is 38.3 Å². The number of aliphatic imine (C=N–C) groups is 1. The Morgan fingerprint density at radius 3 is 2.54 bits per heavy atom. The van der Waals surface area contributed by atoms with Crippen LogP contribution in [0.2, 0.25) is 0 Å². The smallest absolute Gasteiger partial charge is 0.0682 e. The third-order valence-corrected chi connectivity index (χ3v) is 5.43. The van der Waals surface area contributed by atoms with Crippen LogP contribution in [-0.2, 0) is 6.42 Å². The maximum atomic E-state index is 4.54. The summed E-state index contributed by atoms with van der Waals surface area (Å²) in [5, 5.41) is 5.20. The number of hydrogen-bond donors (Lipinski definition) is 0. The highest BCUT2D eigenvalue weighted by Gasteiger charge is 2.15. The predicted molar refractivity (Wildman–Crippen MR) is 110 cm³/mol. The van der Waals surface area contributed by atoms with Gasteiger partial charge in [0.1, 0.15) is 0 Å². The van der Waals surface area contributed by atoms with E-state index in [2.05, 4.69) is 88.4 Å². The first-order valence-corrected chi connectivity index (χ1v) is 8.97. The highest BCUT2D eigenvalue weighted by Crippen LogP contribution is 2.37. The van der Waals surface area contributed by atoms with E-state index in [1.165, 1.54) is 43.8 Å². The van der Waals surface area contributed by atoms with Crippen molar-refractivity contribution in [1.29, 1.82) is 0 Å². The molecule has 26 heavy (non-hydrogen) atoms. The zero-order chi connectivity index (χ0) is 17.1. The molecule has 2 heteroatoms. The number of nitrogens with zero attached hydrogens (tertiary/aromatic N) is 2. The van der Waals surface area contributed by atoms with E-state index in [1.54, 1.807) is 0 Å². The van der Waals surface area contributed by atoms with Gasteiger partial charge in [-0.15, -0.1) is 0 Å². The summed E-state index contributed by atoms with van der Waals surface area (Å²) in [4.78, 5) is 4.54. The SMILES string of the molecule is C1=Nc2cc(-n3c4ccccc4c4c5ccccc5ccc43)ccc2C1. The molecule has 122 valence electrons. The molecule has 6 rings (SSSR count). The number of aromatic nitrogens is 1. The Hall–Kier alpha value is -3.39. The van der Waals surface area contributed by atoms with Crippen molar-refractivity contribution in [2.45, 2.75) is 6.42 Å². The van der Waals surface area contributed by atoms with Crippen molar-refractivity contribution < 1.29 is 0 Å². The largest absolute Gasteiger partial charge is 0.309 e. The van der Waals surface area contributed by atoms with E-state index >= 15 is 0 Å². The maximum Gasteiger partial charge on any atom is 0.0682 e. The van der Waals surface area contributed by atoms with Gasteiger partial charge in [-0.1, -0.05) is 54.6 Å². The van der Waals surface area contributed by atoms with E-state index in [1.807, 2.05) is 6.21 Å². The lowest BCUT2D eigenvalue weighted by atomic mass is 10.0. The van der Waals surface area contributed by atoms with Gasteiger partial charge in [-0.3, -0.25) is 4.99 Å². The molecule has 1 aliphatic heterocycles. The van der Waals surface area contributed by atoms with Gasteiger partial charge in [0, 0.05) is 29.1 Å². The quantitative estimate of drug-likeness (QED) is 0.348. The summed E-state index contributed by atoms with van der Waals surface area (Å²) in [6.07, 6.45) is 2.93. The van der Waals surface area contributed by atoms with E-state index in [0.29, 0.717) is 0 Å². The van der Waals surface area contributed by atoms with Crippen molar-refractivity contribution in [2.75, 3.05) is 0 Å². The van der Waals surface area contributed by atoms with Gasteiger partial charge in [0.25, 0.3) is 0 Å². The van der Waals surface area contributed by atoms with Gasteiger partial charge in [0.2, 0.25) is 0 Å². The van der Waals surface area contributed by atoms with Gasteiger partial charge in [-0.25, -0.2) is 0 Å². The molecule has 0 spiro atoms. The zero-order valence-corrected chi connectivity index (χ0v) is 14.2. The molecule has 0 aliphatic carbocycles. The van der Waals surface area contributed by atoms with Crippen LogP contribution in [0.5, 0.6) is 0 Å². The molecular weight excluding hydrogens is 316 g/mol. The Kier molecular flexibility index (Phi) is 2.69. The summed E-state index contributed by atoms with van der Waals surface area (Å²) in [7, 11) is 0. The molecule has 0 unspecified atom stereocenters. The van der Waals surface area contributed by atoms with Crippen molar-refractivity contribution in [3.63, 3.8) is 0 Å². The van der Waals surface area contributed by atoms with Crippen molar-refractivity contribution in [3.05, 3.63) is 84.4 Å². The third-order valence-electron chi connectivity index (χ3n) is 5.43. The highest BCUT2D eigenvalue weighted by atomic mass is 15.0. The molecule has 0 fully saturated rings. The standard InChI is InChI=1S/C24H16N2/c1-2-6-19-16(5-1)10-12-23-24(19)20-7-3-4-8-22(20)26(23)18-11-9-17-13-14-25-21(17)15-18/h1-12,14-15H,13H2. The lowest BCUT2D eigenvalue weighted by Crippen LogP contribution is -1.94. The first-order chi connectivity index (χ1) is 12.9. The average molecular weight is 332 g/mol. The van der Waals surface area contributed by atoms with Crippen LogP contribution in [0.4, 0.5) is 5.69 Å². The fourth-order valence-corrected chi connectivity index (χ4v) is 4.24. The van der Waals surface area contributed by atoms with Gasteiger partial charge in [-0.05, 0) is 40.6 Å². The fraction of sp³-hybridized carbons (Fsp3) is 0.0417. The van der Waals surface area contributed by atoms with Crippen LogP contribution in [0.1, 0.15) is 5.56 Å². The van der Waals surface area contributed by atoms with Gasteiger partial charge < -0.3 is 4.57 Å². The second-order valence-corrected chi connectivity index (χ2v) is 6.86. The third kappa shape index (κ3) is 1.79. The molecule has 0 amide bonds. The average Bonchev–Trinajstić information content (AvgIpc) is 3.29. The van der Waals surface area contributed by atoms with E-state index in [-0.39, 0.29) is 0 Å². The molecule has 1 aliphatic rings. The van der Waals surface area contributed by atoms with Gasteiger partial charge in [0.05, 0.1) is 16.7 Å². The van der Waals surface area contributed by atoms with Crippen LogP contribution >= 0.6 is 0 Å². The summed E-state index contributed by atoms with van der Waals surface area (Å²) in [5.41, 5.74) is 6.05. The van der Waals surface area contributed by atoms with E-state index in [0.717, 1.165) is 12.1 Å². The molecule has 0 bridgehead atoms. The molecule has 2 nitrogen and oxygen atoms in total. The van der Waals surface area contributed by atoms with Crippen LogP contribution in [-0.4, -0.2) is 10.8 Å². The normalized spacial score (nSPS) is 13.1. The fourth-order valence-electron chi connectivity index (χ4n) is 4.24. The Bertz CT molecular complexity index is 1360. The molecular formula is C24H16N2. The van der Waals surface area contributed by atoms with Gasteiger partial charge in [-0.2, -0.15) is 0 Å². The molecule has 0 N–H and O–H groups in total. The molecule has 1 aromatic heterocycles. The minimum absolute atomic E-state index is 0.938. The Balaban J connectivity index is 1.80. The Morgan fingerprint density at radius 2 is 1.58 bits per heavy atom. The van der Waals surface area contributed by atoms with Crippen molar-refractivity contribution in [1.82, 2.24) is 4.57 Å². The number of para-hydroxylation sites is 1. The molecule has 2 heterocycles. The first kappa shape index (κ1) is 13.9. The number of benzene rings is 4. The van der Waals surface area contributed by atoms with Crippen molar-refractivity contribution in [2.24, 2.45) is 4.99 Å². The van der Waals surface area contributed by atoms with Crippen LogP contribution in [0.3, 0.4) is 0 Å². The summed E-state index contributed by atoms with van der Waals surface area (Å²) >= 11 is 0. The molecule has 5 aromatic rings. The van der Waals surface area contributed by atoms with Crippen molar-refractivity contribution >= 4 is 44.5 Å². The van der Waals surface area contributed by atoms with Gasteiger partial charge in [0.15, 0.2) is 0 Å². The Labute approximate surface area is 151 Å².